The lowest BCUT2D eigenvalue weighted by Crippen LogP contribution is -2.39. The molecule has 1 aromatic carbocycles. The Morgan fingerprint density at radius 3 is 2.50 bits per heavy atom. The number of nitrogens with one attached hydrogen (secondary N) is 1. The molecule has 0 aromatic heterocycles. The van der Waals surface area contributed by atoms with Crippen LogP contribution in [0.3, 0.4) is 0 Å². The topological polar surface area (TPSA) is 93.9 Å². The van der Waals surface area contributed by atoms with Crippen LogP contribution in [-0.4, -0.2) is 42.3 Å². The first kappa shape index (κ1) is 19.9. The van der Waals surface area contributed by atoms with Crippen LogP contribution in [0, 0.1) is 0 Å². The van der Waals surface area contributed by atoms with Crippen LogP contribution in [0.25, 0.3) is 0 Å². The van der Waals surface area contributed by atoms with Gasteiger partial charge >= 0.3 is 12.1 Å². The number of esters is 1. The zero-order valence-electron chi connectivity index (χ0n) is 14.6. The van der Waals surface area contributed by atoms with E-state index >= 15 is 0 Å². The number of alkyl carbamates (subject to hydrolysis) is 1. The number of ether oxygens (including phenoxy) is 2. The van der Waals surface area contributed by atoms with Gasteiger partial charge in [0.25, 0.3) is 0 Å². The molecule has 0 bridgehead atoms. The molecule has 0 spiro atoms. The SMILES string of the molecule is CC(C)(C)OC(=O)NCCCN(N)CC(=O)OCc1ccccc1. The van der Waals surface area contributed by atoms with Crippen LogP contribution in [0.4, 0.5) is 4.79 Å². The molecule has 0 aliphatic carbocycles. The van der Waals surface area contributed by atoms with E-state index in [-0.39, 0.29) is 19.1 Å². The summed E-state index contributed by atoms with van der Waals surface area (Å²) in [6, 6.07) is 9.44. The lowest BCUT2D eigenvalue weighted by Gasteiger charge is -2.20. The summed E-state index contributed by atoms with van der Waals surface area (Å²) in [6.07, 6.45) is 0.134. The molecule has 0 atom stereocenters. The molecule has 134 valence electrons. The van der Waals surface area contributed by atoms with Gasteiger partial charge in [-0.1, -0.05) is 30.3 Å². The molecular formula is C17H27N3O4. The van der Waals surface area contributed by atoms with Gasteiger partial charge in [-0.05, 0) is 32.8 Å². The van der Waals surface area contributed by atoms with E-state index in [9.17, 15) is 9.59 Å². The highest BCUT2D eigenvalue weighted by Gasteiger charge is 2.15. The predicted molar refractivity (Wildman–Crippen MR) is 90.9 cm³/mol. The standard InChI is InChI=1S/C17H27N3O4/c1-17(2,3)24-16(22)19-10-7-11-20(18)12-15(21)23-13-14-8-5-4-6-9-14/h4-6,8-9H,7,10-13,18H2,1-3H3,(H,19,22). The van der Waals surface area contributed by atoms with Crippen LogP contribution in [-0.2, 0) is 20.9 Å². The van der Waals surface area contributed by atoms with Gasteiger partial charge in [-0.25, -0.2) is 9.80 Å². The van der Waals surface area contributed by atoms with Gasteiger partial charge in [0.2, 0.25) is 0 Å². The Morgan fingerprint density at radius 1 is 1.21 bits per heavy atom. The van der Waals surface area contributed by atoms with Crippen LogP contribution in [0.2, 0.25) is 0 Å². The van der Waals surface area contributed by atoms with Gasteiger partial charge in [0.15, 0.2) is 0 Å². The first-order valence-electron chi connectivity index (χ1n) is 7.92. The Labute approximate surface area is 143 Å². The first-order valence-corrected chi connectivity index (χ1v) is 7.92. The molecule has 0 aliphatic heterocycles. The summed E-state index contributed by atoms with van der Waals surface area (Å²) < 4.78 is 10.3. The Balaban J connectivity index is 2.11. The highest BCUT2D eigenvalue weighted by Crippen LogP contribution is 2.06. The van der Waals surface area contributed by atoms with Gasteiger partial charge in [-0.2, -0.15) is 0 Å². The smallest absolute Gasteiger partial charge is 0.407 e. The lowest BCUT2D eigenvalue weighted by molar-refractivity contribution is -0.146. The predicted octanol–water partition coefficient (Wildman–Crippen LogP) is 1.82. The van der Waals surface area contributed by atoms with Crippen LogP contribution >= 0.6 is 0 Å². The number of hydrogen-bond acceptors (Lipinski definition) is 6. The maximum absolute atomic E-state index is 11.7. The molecule has 1 rings (SSSR count). The number of hydrazine groups is 1. The average Bonchev–Trinajstić information content (AvgIpc) is 2.49. The largest absolute Gasteiger partial charge is 0.460 e. The molecular weight excluding hydrogens is 310 g/mol. The number of hydrogen-bond donors (Lipinski definition) is 2. The Hall–Kier alpha value is -2.12. The molecule has 0 saturated heterocycles. The van der Waals surface area contributed by atoms with Crippen molar-refractivity contribution in [1.29, 1.82) is 0 Å². The summed E-state index contributed by atoms with van der Waals surface area (Å²) in [6.45, 7) is 6.50. The summed E-state index contributed by atoms with van der Waals surface area (Å²) in [5.74, 6) is 5.36. The zero-order valence-corrected chi connectivity index (χ0v) is 14.6. The summed E-state index contributed by atoms with van der Waals surface area (Å²) >= 11 is 0. The molecule has 7 nitrogen and oxygen atoms in total. The third-order valence-electron chi connectivity index (χ3n) is 2.87. The molecule has 1 aromatic rings. The Morgan fingerprint density at radius 2 is 1.88 bits per heavy atom. The fraction of sp³-hybridized carbons (Fsp3) is 0.529. The van der Waals surface area contributed by atoms with Gasteiger partial charge < -0.3 is 14.8 Å². The molecule has 3 N–H and O–H groups in total. The fourth-order valence-corrected chi connectivity index (χ4v) is 1.82. The van der Waals surface area contributed by atoms with E-state index in [4.69, 9.17) is 15.3 Å². The summed E-state index contributed by atoms with van der Waals surface area (Å²) in [5.41, 5.74) is 0.406. The number of nitrogens with zero attached hydrogens (tertiary/aromatic N) is 1. The lowest BCUT2D eigenvalue weighted by atomic mass is 10.2. The number of amides is 1. The quantitative estimate of drug-likeness (QED) is 0.325. The Bertz CT molecular complexity index is 514. The molecule has 7 heteroatoms. The monoisotopic (exact) mass is 337 g/mol. The Kier molecular flexibility index (Phi) is 8.21. The third kappa shape index (κ3) is 9.81. The summed E-state index contributed by atoms with van der Waals surface area (Å²) in [5, 5.41) is 4.00. The normalized spacial score (nSPS) is 11.2. The van der Waals surface area contributed by atoms with Crippen molar-refractivity contribution in [3.63, 3.8) is 0 Å². The number of nitrogens with two attached hydrogens (primary N) is 1. The molecule has 0 unspecified atom stereocenters. The molecule has 0 radical (unpaired) electrons. The van der Waals surface area contributed by atoms with E-state index in [0.717, 1.165) is 5.56 Å². The zero-order chi connectivity index (χ0) is 18.0. The molecule has 1 amide bonds. The summed E-state index contributed by atoms with van der Waals surface area (Å²) in [4.78, 5) is 23.1. The van der Waals surface area contributed by atoms with Crippen molar-refractivity contribution in [3.05, 3.63) is 35.9 Å². The second-order valence-electron chi connectivity index (χ2n) is 6.40. The van der Waals surface area contributed by atoms with Crippen molar-refractivity contribution in [1.82, 2.24) is 10.3 Å². The van der Waals surface area contributed by atoms with E-state index in [1.807, 2.05) is 30.3 Å². The van der Waals surface area contributed by atoms with Gasteiger partial charge in [0, 0.05) is 13.1 Å². The van der Waals surface area contributed by atoms with Gasteiger partial charge in [-0.3, -0.25) is 10.6 Å². The molecule has 0 fully saturated rings. The second-order valence-corrected chi connectivity index (χ2v) is 6.40. The van der Waals surface area contributed by atoms with E-state index in [1.165, 1.54) is 5.01 Å². The van der Waals surface area contributed by atoms with Crippen molar-refractivity contribution in [2.75, 3.05) is 19.6 Å². The highest BCUT2D eigenvalue weighted by molar-refractivity contribution is 5.71. The van der Waals surface area contributed by atoms with E-state index in [2.05, 4.69) is 5.32 Å². The van der Waals surface area contributed by atoms with Crippen LogP contribution in [0.1, 0.15) is 32.8 Å². The van der Waals surface area contributed by atoms with Crippen molar-refractivity contribution < 1.29 is 19.1 Å². The maximum Gasteiger partial charge on any atom is 0.407 e. The van der Waals surface area contributed by atoms with Crippen molar-refractivity contribution in [2.45, 2.75) is 39.4 Å². The molecule has 24 heavy (non-hydrogen) atoms. The van der Waals surface area contributed by atoms with E-state index in [1.54, 1.807) is 20.8 Å². The number of carbonyl (C=O) groups is 2. The summed E-state index contributed by atoms with van der Waals surface area (Å²) in [7, 11) is 0. The average molecular weight is 337 g/mol. The van der Waals surface area contributed by atoms with E-state index < -0.39 is 11.7 Å². The molecule has 0 aliphatic rings. The van der Waals surface area contributed by atoms with Crippen LogP contribution in [0.15, 0.2) is 30.3 Å². The van der Waals surface area contributed by atoms with Crippen molar-refractivity contribution in [2.24, 2.45) is 5.84 Å². The van der Waals surface area contributed by atoms with Gasteiger partial charge in [0.05, 0.1) is 0 Å². The fourth-order valence-electron chi connectivity index (χ4n) is 1.82. The third-order valence-corrected chi connectivity index (χ3v) is 2.87. The van der Waals surface area contributed by atoms with E-state index in [0.29, 0.717) is 19.5 Å². The number of rotatable bonds is 8. The van der Waals surface area contributed by atoms with Gasteiger partial charge in [-0.15, -0.1) is 0 Å². The minimum Gasteiger partial charge on any atom is -0.460 e. The minimum absolute atomic E-state index is 0.000723. The second kappa shape index (κ2) is 9.89. The van der Waals surface area contributed by atoms with Crippen LogP contribution < -0.4 is 11.2 Å². The van der Waals surface area contributed by atoms with Crippen molar-refractivity contribution >= 4 is 12.1 Å². The maximum atomic E-state index is 11.7. The highest BCUT2D eigenvalue weighted by atomic mass is 16.6. The van der Waals surface area contributed by atoms with Crippen LogP contribution in [0.5, 0.6) is 0 Å². The first-order chi connectivity index (χ1) is 11.3. The van der Waals surface area contributed by atoms with Gasteiger partial charge in [0.1, 0.15) is 18.8 Å². The molecule has 0 saturated carbocycles. The molecule has 0 heterocycles. The number of carbonyl (C=O) groups excluding carboxylic acids is 2. The minimum atomic E-state index is -0.521. The van der Waals surface area contributed by atoms with Crippen molar-refractivity contribution in [3.8, 4) is 0 Å². The number of benzene rings is 1.